The Kier molecular flexibility index (Phi) is 4.97. The molecular weight excluding hydrogens is 216 g/mol. The second-order valence-corrected chi connectivity index (χ2v) is 4.06. The second kappa shape index (κ2) is 6.25. The van der Waals surface area contributed by atoms with Gasteiger partial charge in [0.1, 0.15) is 5.75 Å². The van der Waals surface area contributed by atoms with Crippen molar-refractivity contribution in [2.24, 2.45) is 5.73 Å². The third kappa shape index (κ3) is 4.07. The van der Waals surface area contributed by atoms with E-state index < -0.39 is 5.91 Å². The molecule has 0 saturated carbocycles. The Bertz CT molecular complexity index is 391. The van der Waals surface area contributed by atoms with Crippen LogP contribution in [0.5, 0.6) is 5.75 Å². The van der Waals surface area contributed by atoms with Gasteiger partial charge in [0.05, 0.1) is 0 Å². The summed E-state index contributed by atoms with van der Waals surface area (Å²) in [7, 11) is 0. The average Bonchev–Trinajstić information content (AvgIpc) is 2.27. The number of hydrogen-bond acceptors (Lipinski definition) is 3. The van der Waals surface area contributed by atoms with Gasteiger partial charge in [0, 0.05) is 6.04 Å². The molecule has 0 bridgehead atoms. The lowest BCUT2D eigenvalue weighted by Gasteiger charge is -2.15. The smallest absolute Gasteiger partial charge is 0.255 e. The highest BCUT2D eigenvalue weighted by molar-refractivity contribution is 5.75. The molecule has 1 unspecified atom stereocenters. The van der Waals surface area contributed by atoms with Crippen LogP contribution in [0.4, 0.5) is 0 Å². The average molecular weight is 236 g/mol. The first-order valence-electron chi connectivity index (χ1n) is 5.79. The van der Waals surface area contributed by atoms with Crippen LogP contribution in [0, 0.1) is 6.92 Å². The molecule has 0 fully saturated rings. The lowest BCUT2D eigenvalue weighted by molar-refractivity contribution is -0.119. The largest absolute Gasteiger partial charge is 0.484 e. The van der Waals surface area contributed by atoms with Crippen LogP contribution in [0.15, 0.2) is 18.2 Å². The maximum atomic E-state index is 10.6. The van der Waals surface area contributed by atoms with Gasteiger partial charge in [-0.25, -0.2) is 0 Å². The van der Waals surface area contributed by atoms with E-state index in [1.54, 1.807) is 0 Å². The minimum atomic E-state index is -0.463. The topological polar surface area (TPSA) is 64.3 Å². The first kappa shape index (κ1) is 13.5. The first-order chi connectivity index (χ1) is 8.04. The maximum absolute atomic E-state index is 10.6. The van der Waals surface area contributed by atoms with Crippen LogP contribution in [-0.4, -0.2) is 19.1 Å². The normalized spacial score (nSPS) is 12.2. The predicted octanol–water partition coefficient (Wildman–Crippen LogP) is 1.53. The lowest BCUT2D eigenvalue weighted by atomic mass is 10.1. The van der Waals surface area contributed by atoms with Gasteiger partial charge in [0.2, 0.25) is 0 Å². The summed E-state index contributed by atoms with van der Waals surface area (Å²) in [4.78, 5) is 10.6. The maximum Gasteiger partial charge on any atom is 0.255 e. The zero-order chi connectivity index (χ0) is 12.8. The SMILES string of the molecule is CCNC(C)c1ccc(OCC(N)=O)c(C)c1. The van der Waals surface area contributed by atoms with Gasteiger partial charge in [-0.05, 0) is 37.6 Å². The van der Waals surface area contributed by atoms with Crippen molar-refractivity contribution in [1.29, 1.82) is 0 Å². The van der Waals surface area contributed by atoms with E-state index in [0.29, 0.717) is 11.8 Å². The number of ether oxygens (including phenoxy) is 1. The van der Waals surface area contributed by atoms with E-state index in [4.69, 9.17) is 10.5 Å². The molecule has 1 aromatic rings. The number of aryl methyl sites for hydroxylation is 1. The minimum absolute atomic E-state index is 0.0804. The second-order valence-electron chi connectivity index (χ2n) is 4.06. The Labute approximate surface area is 102 Å². The van der Waals surface area contributed by atoms with E-state index in [-0.39, 0.29) is 6.61 Å². The van der Waals surface area contributed by atoms with E-state index in [1.165, 1.54) is 5.56 Å². The number of carbonyl (C=O) groups excluding carboxylic acids is 1. The van der Waals surface area contributed by atoms with Crippen molar-refractivity contribution in [2.45, 2.75) is 26.8 Å². The summed E-state index contributed by atoms with van der Waals surface area (Å²) in [5.41, 5.74) is 7.25. The third-order valence-electron chi connectivity index (χ3n) is 2.58. The van der Waals surface area contributed by atoms with Crippen LogP contribution in [0.25, 0.3) is 0 Å². The fourth-order valence-electron chi connectivity index (χ4n) is 1.68. The highest BCUT2D eigenvalue weighted by Gasteiger charge is 2.07. The molecule has 4 nitrogen and oxygen atoms in total. The van der Waals surface area contributed by atoms with Crippen molar-refractivity contribution in [3.63, 3.8) is 0 Å². The van der Waals surface area contributed by atoms with Gasteiger partial charge in [-0.1, -0.05) is 19.1 Å². The van der Waals surface area contributed by atoms with Crippen LogP contribution in [-0.2, 0) is 4.79 Å². The molecule has 0 heterocycles. The summed E-state index contributed by atoms with van der Waals surface area (Å²) in [6.07, 6.45) is 0. The Balaban J connectivity index is 2.75. The van der Waals surface area contributed by atoms with Crippen molar-refractivity contribution in [3.8, 4) is 5.75 Å². The van der Waals surface area contributed by atoms with Crippen LogP contribution in [0.3, 0.4) is 0 Å². The summed E-state index contributed by atoms with van der Waals surface area (Å²) in [6, 6.07) is 6.24. The summed E-state index contributed by atoms with van der Waals surface area (Å²) >= 11 is 0. The molecule has 0 aliphatic heterocycles. The molecule has 3 N–H and O–H groups in total. The van der Waals surface area contributed by atoms with Crippen molar-refractivity contribution in [2.75, 3.05) is 13.2 Å². The standard InChI is InChI=1S/C13H20N2O2/c1-4-15-10(3)11-5-6-12(9(2)7-11)17-8-13(14)16/h5-7,10,15H,4,8H2,1-3H3,(H2,14,16). The number of benzene rings is 1. The number of nitrogens with one attached hydrogen (secondary N) is 1. The van der Waals surface area contributed by atoms with Crippen LogP contribution in [0.1, 0.15) is 31.0 Å². The van der Waals surface area contributed by atoms with Gasteiger partial charge in [-0.15, -0.1) is 0 Å². The van der Waals surface area contributed by atoms with E-state index in [1.807, 2.05) is 19.1 Å². The number of primary amides is 1. The van der Waals surface area contributed by atoms with Gasteiger partial charge >= 0.3 is 0 Å². The Morgan fingerprint density at radius 1 is 1.53 bits per heavy atom. The molecule has 1 rings (SSSR count). The zero-order valence-corrected chi connectivity index (χ0v) is 10.6. The van der Waals surface area contributed by atoms with E-state index in [0.717, 1.165) is 12.1 Å². The van der Waals surface area contributed by atoms with Crippen LogP contribution in [0.2, 0.25) is 0 Å². The molecule has 0 aliphatic carbocycles. The third-order valence-corrected chi connectivity index (χ3v) is 2.58. The molecule has 0 saturated heterocycles. The van der Waals surface area contributed by atoms with Crippen LogP contribution >= 0.6 is 0 Å². The fourth-order valence-corrected chi connectivity index (χ4v) is 1.68. The zero-order valence-electron chi connectivity index (χ0n) is 10.6. The summed E-state index contributed by atoms with van der Waals surface area (Å²) in [5.74, 6) is 0.241. The minimum Gasteiger partial charge on any atom is -0.484 e. The lowest BCUT2D eigenvalue weighted by Crippen LogP contribution is -2.20. The first-order valence-corrected chi connectivity index (χ1v) is 5.79. The van der Waals surface area contributed by atoms with Crippen LogP contribution < -0.4 is 15.8 Å². The van der Waals surface area contributed by atoms with Gasteiger partial charge < -0.3 is 15.8 Å². The number of hydrogen-bond donors (Lipinski definition) is 2. The number of carbonyl (C=O) groups is 1. The van der Waals surface area contributed by atoms with Crippen molar-refractivity contribution < 1.29 is 9.53 Å². The molecule has 94 valence electrons. The molecular formula is C13H20N2O2. The van der Waals surface area contributed by atoms with Gasteiger partial charge in [-0.2, -0.15) is 0 Å². The quantitative estimate of drug-likeness (QED) is 0.787. The van der Waals surface area contributed by atoms with Gasteiger partial charge in [-0.3, -0.25) is 4.79 Å². The molecule has 1 atom stereocenters. The molecule has 1 aromatic carbocycles. The van der Waals surface area contributed by atoms with E-state index in [2.05, 4.69) is 25.2 Å². The number of rotatable bonds is 6. The van der Waals surface area contributed by atoms with Crippen molar-refractivity contribution in [3.05, 3.63) is 29.3 Å². The molecule has 0 spiro atoms. The molecule has 0 radical (unpaired) electrons. The molecule has 0 aliphatic rings. The molecule has 0 aromatic heterocycles. The highest BCUT2D eigenvalue weighted by atomic mass is 16.5. The molecule has 1 amide bonds. The highest BCUT2D eigenvalue weighted by Crippen LogP contribution is 2.22. The summed E-state index contributed by atoms with van der Waals surface area (Å²) in [6.45, 7) is 7.00. The van der Waals surface area contributed by atoms with Crippen molar-refractivity contribution in [1.82, 2.24) is 5.32 Å². The van der Waals surface area contributed by atoms with Gasteiger partial charge in [0.15, 0.2) is 6.61 Å². The Morgan fingerprint density at radius 3 is 2.76 bits per heavy atom. The van der Waals surface area contributed by atoms with E-state index in [9.17, 15) is 4.79 Å². The number of amides is 1. The van der Waals surface area contributed by atoms with E-state index >= 15 is 0 Å². The Hall–Kier alpha value is -1.55. The monoisotopic (exact) mass is 236 g/mol. The number of nitrogens with two attached hydrogens (primary N) is 1. The summed E-state index contributed by atoms with van der Waals surface area (Å²) in [5, 5.41) is 3.34. The fraction of sp³-hybridized carbons (Fsp3) is 0.462. The predicted molar refractivity (Wildman–Crippen MR) is 68.0 cm³/mol. The molecule has 4 heteroatoms. The van der Waals surface area contributed by atoms with Crippen molar-refractivity contribution >= 4 is 5.91 Å². The van der Waals surface area contributed by atoms with Gasteiger partial charge in [0.25, 0.3) is 5.91 Å². The Morgan fingerprint density at radius 2 is 2.24 bits per heavy atom. The summed E-state index contributed by atoms with van der Waals surface area (Å²) < 4.78 is 5.30. The molecule has 17 heavy (non-hydrogen) atoms.